The van der Waals surface area contributed by atoms with Crippen molar-refractivity contribution in [3.63, 3.8) is 0 Å². The molecule has 0 radical (unpaired) electrons. The van der Waals surface area contributed by atoms with Crippen LogP contribution in [0.5, 0.6) is 0 Å². The number of rotatable bonds is 2. The molecule has 2 rings (SSSR count). The Kier molecular flexibility index (Phi) is 5.27. The Labute approximate surface area is 129 Å². The molecule has 1 heterocycles. The highest BCUT2D eigenvalue weighted by atomic mass is 79.9. The molecule has 1 aromatic rings. The maximum absolute atomic E-state index is 12.4. The van der Waals surface area contributed by atoms with Crippen molar-refractivity contribution >= 4 is 49.1 Å². The lowest BCUT2D eigenvalue weighted by atomic mass is 10.1. The number of carbonyl (C=O) groups is 1. The molecule has 1 aliphatic rings. The molecule has 2 nitrogen and oxygen atoms in total. The Bertz CT molecular complexity index is 405. The number of nitrogens with zero attached hydrogens (tertiary/aromatic N) is 1. The summed E-state index contributed by atoms with van der Waals surface area (Å²) in [6.45, 7) is 0. The lowest BCUT2D eigenvalue weighted by molar-refractivity contribution is 0.0722. The van der Waals surface area contributed by atoms with Crippen molar-refractivity contribution in [1.29, 1.82) is 0 Å². The first-order valence-corrected chi connectivity index (χ1v) is 8.72. The van der Waals surface area contributed by atoms with Gasteiger partial charge in [0.1, 0.15) is 0 Å². The van der Waals surface area contributed by atoms with Crippen LogP contribution in [0.25, 0.3) is 0 Å². The molecule has 0 unspecified atom stereocenters. The van der Waals surface area contributed by atoms with Gasteiger partial charge in [0.2, 0.25) is 0 Å². The summed E-state index contributed by atoms with van der Waals surface area (Å²) in [5, 5.41) is 0. The molecule has 0 N–H and O–H groups in total. The number of carbonyl (C=O) groups excluding carboxylic acids is 1. The molecule has 0 spiro atoms. The smallest absolute Gasteiger partial charge is 0.263 e. The van der Waals surface area contributed by atoms with Crippen LogP contribution in [0.2, 0.25) is 0 Å². The second-order valence-corrected chi connectivity index (χ2v) is 8.02. The zero-order chi connectivity index (χ0) is 13.1. The fourth-order valence-electron chi connectivity index (χ4n) is 2.44. The number of hydrogen-bond donors (Lipinski definition) is 0. The van der Waals surface area contributed by atoms with Crippen molar-refractivity contribution in [3.05, 3.63) is 19.2 Å². The standard InChI is InChI=1S/C13H17Br2NOS/c1-16(9-6-4-2-3-5-7-9)13(17)11-8-10(14)12(15)18-11/h8-9H,2-7H2,1H3. The average molecular weight is 395 g/mol. The summed E-state index contributed by atoms with van der Waals surface area (Å²) in [5.74, 6) is 0.151. The second kappa shape index (κ2) is 6.53. The second-order valence-electron chi connectivity index (χ2n) is 4.79. The highest BCUT2D eigenvalue weighted by Crippen LogP contribution is 2.33. The van der Waals surface area contributed by atoms with Crippen molar-refractivity contribution in [2.45, 2.75) is 44.6 Å². The molecule has 1 aliphatic carbocycles. The van der Waals surface area contributed by atoms with E-state index in [0.29, 0.717) is 6.04 Å². The van der Waals surface area contributed by atoms with Crippen LogP contribution in [-0.4, -0.2) is 23.9 Å². The Hall–Kier alpha value is 0.130. The number of hydrogen-bond acceptors (Lipinski definition) is 2. The highest BCUT2D eigenvalue weighted by Gasteiger charge is 2.23. The Morgan fingerprint density at radius 3 is 2.39 bits per heavy atom. The summed E-state index contributed by atoms with van der Waals surface area (Å²) in [6, 6.07) is 2.32. The summed E-state index contributed by atoms with van der Waals surface area (Å²) >= 11 is 8.38. The van der Waals surface area contributed by atoms with Crippen LogP contribution in [0.3, 0.4) is 0 Å². The topological polar surface area (TPSA) is 20.3 Å². The molecule has 100 valence electrons. The Morgan fingerprint density at radius 1 is 1.28 bits per heavy atom. The van der Waals surface area contributed by atoms with E-state index >= 15 is 0 Å². The zero-order valence-electron chi connectivity index (χ0n) is 10.4. The van der Waals surface area contributed by atoms with Crippen molar-refractivity contribution < 1.29 is 4.79 Å². The molecule has 0 aliphatic heterocycles. The third-order valence-corrected chi connectivity index (χ3v) is 6.79. The van der Waals surface area contributed by atoms with E-state index in [4.69, 9.17) is 0 Å². The molecule has 1 fully saturated rings. The van der Waals surface area contributed by atoms with Gasteiger partial charge in [-0.15, -0.1) is 11.3 Å². The molecule has 5 heteroatoms. The quantitative estimate of drug-likeness (QED) is 0.641. The lowest BCUT2D eigenvalue weighted by Crippen LogP contribution is -2.36. The zero-order valence-corrected chi connectivity index (χ0v) is 14.4. The Morgan fingerprint density at radius 2 is 1.89 bits per heavy atom. The summed E-state index contributed by atoms with van der Waals surface area (Å²) in [4.78, 5) is 15.2. The van der Waals surface area contributed by atoms with Crippen molar-refractivity contribution in [1.82, 2.24) is 4.90 Å². The van der Waals surface area contributed by atoms with Gasteiger partial charge in [-0.25, -0.2) is 0 Å². The van der Waals surface area contributed by atoms with Gasteiger partial charge in [0.25, 0.3) is 5.91 Å². The van der Waals surface area contributed by atoms with Gasteiger partial charge in [0.15, 0.2) is 0 Å². The predicted octanol–water partition coefficient (Wildman–Crippen LogP) is 5.07. The normalized spacial score (nSPS) is 17.5. The summed E-state index contributed by atoms with van der Waals surface area (Å²) < 4.78 is 1.95. The lowest BCUT2D eigenvalue weighted by Gasteiger charge is -2.26. The minimum Gasteiger partial charge on any atom is -0.338 e. The van der Waals surface area contributed by atoms with Crippen molar-refractivity contribution in [2.75, 3.05) is 7.05 Å². The molecule has 0 bridgehead atoms. The van der Waals surface area contributed by atoms with Crippen LogP contribution >= 0.6 is 43.2 Å². The van der Waals surface area contributed by atoms with E-state index in [2.05, 4.69) is 31.9 Å². The molecule has 1 saturated carbocycles. The van der Waals surface area contributed by atoms with Crippen molar-refractivity contribution in [2.24, 2.45) is 0 Å². The van der Waals surface area contributed by atoms with E-state index in [1.54, 1.807) is 0 Å². The van der Waals surface area contributed by atoms with E-state index in [-0.39, 0.29) is 5.91 Å². The minimum absolute atomic E-state index is 0.151. The molecular formula is C13H17Br2NOS. The third-order valence-electron chi connectivity index (χ3n) is 3.55. The number of amides is 1. The number of thiophene rings is 1. The van der Waals surface area contributed by atoms with Gasteiger partial charge in [-0.05, 0) is 50.8 Å². The van der Waals surface area contributed by atoms with Gasteiger partial charge in [-0.2, -0.15) is 0 Å². The van der Waals surface area contributed by atoms with Crippen LogP contribution in [0.1, 0.15) is 48.2 Å². The first-order chi connectivity index (χ1) is 8.59. The first-order valence-electron chi connectivity index (χ1n) is 6.31. The molecule has 0 atom stereocenters. The Balaban J connectivity index is 2.07. The van der Waals surface area contributed by atoms with E-state index in [0.717, 1.165) is 26.0 Å². The van der Waals surface area contributed by atoms with Gasteiger partial charge in [0.05, 0.1) is 8.66 Å². The van der Waals surface area contributed by atoms with Crippen LogP contribution in [0.4, 0.5) is 0 Å². The molecule has 1 amide bonds. The molecule has 1 aromatic heterocycles. The van der Waals surface area contributed by atoms with Crippen LogP contribution in [-0.2, 0) is 0 Å². The molecular weight excluding hydrogens is 378 g/mol. The first kappa shape index (κ1) is 14.5. The van der Waals surface area contributed by atoms with E-state index < -0.39 is 0 Å². The van der Waals surface area contributed by atoms with Crippen LogP contribution in [0, 0.1) is 0 Å². The van der Waals surface area contributed by atoms with E-state index in [1.165, 1.54) is 37.0 Å². The summed E-state index contributed by atoms with van der Waals surface area (Å²) in [6.07, 6.45) is 7.43. The van der Waals surface area contributed by atoms with Crippen LogP contribution in [0.15, 0.2) is 14.3 Å². The predicted molar refractivity (Wildman–Crippen MR) is 83.3 cm³/mol. The average Bonchev–Trinajstić information content (AvgIpc) is 2.61. The molecule has 18 heavy (non-hydrogen) atoms. The summed E-state index contributed by atoms with van der Waals surface area (Å²) in [7, 11) is 1.94. The summed E-state index contributed by atoms with van der Waals surface area (Å²) in [5.41, 5.74) is 0. The fourth-order valence-corrected chi connectivity index (χ4v) is 4.46. The van der Waals surface area contributed by atoms with Gasteiger partial charge in [0, 0.05) is 17.6 Å². The van der Waals surface area contributed by atoms with E-state index in [1.807, 2.05) is 18.0 Å². The maximum atomic E-state index is 12.4. The van der Waals surface area contributed by atoms with Gasteiger partial charge < -0.3 is 4.90 Å². The van der Waals surface area contributed by atoms with Crippen LogP contribution < -0.4 is 0 Å². The third kappa shape index (κ3) is 3.36. The monoisotopic (exact) mass is 393 g/mol. The minimum atomic E-state index is 0.151. The van der Waals surface area contributed by atoms with E-state index in [9.17, 15) is 4.79 Å². The van der Waals surface area contributed by atoms with Gasteiger partial charge >= 0.3 is 0 Å². The maximum Gasteiger partial charge on any atom is 0.263 e. The SMILES string of the molecule is CN(C(=O)c1cc(Br)c(Br)s1)C1CCCCCC1. The van der Waals surface area contributed by atoms with Crippen molar-refractivity contribution in [3.8, 4) is 0 Å². The van der Waals surface area contributed by atoms with Gasteiger partial charge in [-0.3, -0.25) is 4.79 Å². The highest BCUT2D eigenvalue weighted by molar-refractivity contribution is 9.13. The fraction of sp³-hybridized carbons (Fsp3) is 0.615. The largest absolute Gasteiger partial charge is 0.338 e. The number of halogens is 2. The molecule has 0 saturated heterocycles. The van der Waals surface area contributed by atoms with Gasteiger partial charge in [-0.1, -0.05) is 25.7 Å². The molecule has 0 aromatic carbocycles.